The molecule has 1 saturated heterocycles. The maximum atomic E-state index is 12.8. The summed E-state index contributed by atoms with van der Waals surface area (Å²) in [5.41, 5.74) is -0.176. The van der Waals surface area contributed by atoms with Gasteiger partial charge in [-0.05, 0) is 31.2 Å². The molecule has 28 heavy (non-hydrogen) atoms. The number of nitrogens with zero attached hydrogens (tertiary/aromatic N) is 2. The van der Waals surface area contributed by atoms with Crippen LogP contribution in [0.1, 0.15) is 13.3 Å². The number of hydrogen-bond donors (Lipinski definition) is 1. The van der Waals surface area contributed by atoms with E-state index in [4.69, 9.17) is 9.15 Å². The van der Waals surface area contributed by atoms with E-state index < -0.39 is 17.5 Å². The number of aliphatic hydroxyl groups is 1. The predicted octanol–water partition coefficient (Wildman–Crippen LogP) is 2.03. The van der Waals surface area contributed by atoms with Gasteiger partial charge in [-0.15, -0.1) is 0 Å². The molecule has 0 spiro atoms. The number of oxazole rings is 1. The highest BCUT2D eigenvalue weighted by Crippen LogP contribution is 2.26. The molecule has 0 bridgehead atoms. The average molecular weight is 382 g/mol. The molecule has 0 unspecified atom stereocenters. The highest BCUT2D eigenvalue weighted by atomic mass is 16.5. The number of carbonyl (C=O) groups excluding carboxylic acids is 1. The molecule has 0 saturated carbocycles. The van der Waals surface area contributed by atoms with Gasteiger partial charge in [-0.25, -0.2) is 4.79 Å². The number of β-amino-alcohol motifs (C(OH)–C–C–N with tert-alkyl or cyclic N) is 1. The molecular weight excluding hydrogens is 360 g/mol. The Morgan fingerprint density at radius 2 is 1.93 bits per heavy atom. The van der Waals surface area contributed by atoms with E-state index in [1.54, 1.807) is 36.1 Å². The summed E-state index contributed by atoms with van der Waals surface area (Å²) < 4.78 is 12.4. The van der Waals surface area contributed by atoms with Gasteiger partial charge in [-0.1, -0.05) is 30.3 Å². The van der Waals surface area contributed by atoms with Gasteiger partial charge in [0, 0.05) is 13.0 Å². The topological polar surface area (TPSA) is 84.9 Å². The summed E-state index contributed by atoms with van der Waals surface area (Å²) in [6, 6.07) is 16.3. The minimum absolute atomic E-state index is 0.129. The number of piperidine rings is 1. The van der Waals surface area contributed by atoms with E-state index >= 15 is 0 Å². The first-order chi connectivity index (χ1) is 13.4. The van der Waals surface area contributed by atoms with Gasteiger partial charge in [0.05, 0.1) is 12.1 Å². The van der Waals surface area contributed by atoms with Crippen LogP contribution in [0.4, 0.5) is 0 Å². The number of carbonyl (C=O) groups is 1. The second-order valence-electron chi connectivity index (χ2n) is 7.30. The largest absolute Gasteiger partial charge is 0.487 e. The van der Waals surface area contributed by atoms with Gasteiger partial charge in [0.25, 0.3) is 0 Å². The van der Waals surface area contributed by atoms with Gasteiger partial charge in [-0.2, -0.15) is 0 Å². The zero-order valence-corrected chi connectivity index (χ0v) is 15.6. The molecule has 3 aromatic rings. The number of fused-ring (bicyclic) bond motifs is 1. The van der Waals surface area contributed by atoms with E-state index in [0.29, 0.717) is 29.8 Å². The van der Waals surface area contributed by atoms with Crippen molar-refractivity contribution < 1.29 is 19.1 Å². The lowest BCUT2D eigenvalue weighted by Crippen LogP contribution is -2.58. The monoisotopic (exact) mass is 382 g/mol. The summed E-state index contributed by atoms with van der Waals surface area (Å²) in [7, 11) is 0. The van der Waals surface area contributed by atoms with E-state index in [1.165, 1.54) is 4.57 Å². The number of amides is 1. The SMILES string of the molecule is C[C@]1(O)CN(C(=O)Cn2c(=O)oc3ccccc32)CC[C@@H]1Oc1ccccc1. The van der Waals surface area contributed by atoms with E-state index in [-0.39, 0.29) is 19.0 Å². The molecule has 0 radical (unpaired) electrons. The van der Waals surface area contributed by atoms with Crippen LogP contribution >= 0.6 is 0 Å². The van der Waals surface area contributed by atoms with Gasteiger partial charge >= 0.3 is 5.76 Å². The van der Waals surface area contributed by atoms with Gasteiger partial charge in [-0.3, -0.25) is 9.36 Å². The maximum absolute atomic E-state index is 12.8. The second kappa shape index (κ2) is 7.16. The normalized spacial score (nSPS) is 22.4. The lowest BCUT2D eigenvalue weighted by atomic mass is 9.91. The molecule has 7 nitrogen and oxygen atoms in total. The lowest BCUT2D eigenvalue weighted by molar-refractivity contribution is -0.146. The molecule has 1 aliphatic heterocycles. The van der Waals surface area contributed by atoms with Crippen LogP contribution < -0.4 is 10.5 Å². The van der Waals surface area contributed by atoms with Gasteiger partial charge in [0.1, 0.15) is 24.0 Å². The zero-order chi connectivity index (χ0) is 19.7. The number of benzene rings is 2. The molecule has 2 heterocycles. The second-order valence-corrected chi connectivity index (χ2v) is 7.30. The Morgan fingerprint density at radius 3 is 2.68 bits per heavy atom. The molecule has 2 aromatic carbocycles. The van der Waals surface area contributed by atoms with Crippen LogP contribution in [0.25, 0.3) is 11.1 Å². The molecular formula is C21H22N2O5. The Bertz CT molecular complexity index is 1040. The molecule has 1 aromatic heterocycles. The third-order valence-corrected chi connectivity index (χ3v) is 5.11. The molecule has 4 rings (SSSR count). The van der Waals surface area contributed by atoms with Crippen LogP contribution in [0.5, 0.6) is 5.75 Å². The van der Waals surface area contributed by atoms with Crippen LogP contribution in [0.2, 0.25) is 0 Å². The number of rotatable bonds is 4. The number of para-hydroxylation sites is 3. The highest BCUT2D eigenvalue weighted by molar-refractivity contribution is 5.79. The summed E-state index contributed by atoms with van der Waals surface area (Å²) in [5, 5.41) is 10.9. The van der Waals surface area contributed by atoms with E-state index in [9.17, 15) is 14.7 Å². The third-order valence-electron chi connectivity index (χ3n) is 5.11. The summed E-state index contributed by atoms with van der Waals surface area (Å²) in [5.74, 6) is -0.125. The fourth-order valence-electron chi connectivity index (χ4n) is 3.61. The first kappa shape index (κ1) is 18.3. The Kier molecular flexibility index (Phi) is 4.68. The van der Waals surface area contributed by atoms with Crippen molar-refractivity contribution in [2.45, 2.75) is 31.6 Å². The zero-order valence-electron chi connectivity index (χ0n) is 15.6. The fourth-order valence-corrected chi connectivity index (χ4v) is 3.61. The molecule has 1 fully saturated rings. The van der Waals surface area contributed by atoms with Crippen molar-refractivity contribution >= 4 is 17.0 Å². The molecule has 146 valence electrons. The van der Waals surface area contributed by atoms with E-state index in [0.717, 1.165) is 0 Å². The summed E-state index contributed by atoms with van der Waals surface area (Å²) in [4.78, 5) is 26.5. The van der Waals surface area contributed by atoms with Gasteiger partial charge < -0.3 is 19.2 Å². The van der Waals surface area contributed by atoms with Crippen LogP contribution in [0.3, 0.4) is 0 Å². The van der Waals surface area contributed by atoms with Crippen LogP contribution in [-0.4, -0.2) is 45.3 Å². The molecule has 0 aliphatic carbocycles. The highest BCUT2D eigenvalue weighted by Gasteiger charge is 2.41. The minimum Gasteiger partial charge on any atom is -0.487 e. The van der Waals surface area contributed by atoms with Crippen molar-refractivity contribution in [3.05, 3.63) is 65.1 Å². The first-order valence-electron chi connectivity index (χ1n) is 9.24. The van der Waals surface area contributed by atoms with E-state index in [1.807, 2.05) is 30.3 Å². The standard InChI is InChI=1S/C21H22N2O5/c1-21(26)14-22(12-11-18(21)27-15-7-3-2-4-8-15)19(24)13-23-16-9-5-6-10-17(16)28-20(23)25/h2-10,18,26H,11-14H2,1H3/t18-,21-/m0/s1. The Morgan fingerprint density at radius 1 is 1.21 bits per heavy atom. The number of hydrogen-bond acceptors (Lipinski definition) is 5. The molecule has 1 aliphatic rings. The smallest absolute Gasteiger partial charge is 0.420 e. The average Bonchev–Trinajstić information content (AvgIpc) is 2.99. The first-order valence-corrected chi connectivity index (χ1v) is 9.24. The van der Waals surface area contributed by atoms with Crippen LogP contribution in [0.15, 0.2) is 63.8 Å². The lowest BCUT2D eigenvalue weighted by Gasteiger charge is -2.42. The Hall–Kier alpha value is -3.06. The third kappa shape index (κ3) is 3.53. The number of likely N-dealkylation sites (tertiary alicyclic amines) is 1. The maximum Gasteiger partial charge on any atom is 0.420 e. The van der Waals surface area contributed by atoms with Gasteiger partial charge in [0.2, 0.25) is 5.91 Å². The summed E-state index contributed by atoms with van der Waals surface area (Å²) >= 11 is 0. The summed E-state index contributed by atoms with van der Waals surface area (Å²) in [6.45, 7) is 2.11. The fraction of sp³-hybridized carbons (Fsp3) is 0.333. The molecule has 1 N–H and O–H groups in total. The van der Waals surface area contributed by atoms with Crippen molar-refractivity contribution in [1.82, 2.24) is 9.47 Å². The number of ether oxygens (including phenoxy) is 1. The van der Waals surface area contributed by atoms with Crippen molar-refractivity contribution in [3.63, 3.8) is 0 Å². The van der Waals surface area contributed by atoms with Gasteiger partial charge in [0.15, 0.2) is 5.58 Å². The van der Waals surface area contributed by atoms with Crippen molar-refractivity contribution in [3.8, 4) is 5.75 Å². The van der Waals surface area contributed by atoms with Crippen LogP contribution in [0, 0.1) is 0 Å². The predicted molar refractivity (Wildman–Crippen MR) is 103 cm³/mol. The molecule has 1 amide bonds. The summed E-state index contributed by atoms with van der Waals surface area (Å²) in [6.07, 6.45) is 0.0747. The van der Waals surface area contributed by atoms with Crippen molar-refractivity contribution in [2.75, 3.05) is 13.1 Å². The van der Waals surface area contributed by atoms with Crippen molar-refractivity contribution in [1.29, 1.82) is 0 Å². The molecule has 7 heteroatoms. The van der Waals surface area contributed by atoms with Crippen molar-refractivity contribution in [2.24, 2.45) is 0 Å². The Labute approximate surface area is 161 Å². The minimum atomic E-state index is -1.20. The Balaban J connectivity index is 1.46. The molecule has 2 atom stereocenters. The van der Waals surface area contributed by atoms with E-state index in [2.05, 4.69) is 0 Å². The quantitative estimate of drug-likeness (QED) is 0.746. The number of aromatic nitrogens is 1. The van der Waals surface area contributed by atoms with Crippen LogP contribution in [-0.2, 0) is 11.3 Å².